The van der Waals surface area contributed by atoms with Gasteiger partial charge >= 0.3 is 0 Å². The van der Waals surface area contributed by atoms with Gasteiger partial charge in [0.2, 0.25) is 0 Å². The predicted octanol–water partition coefficient (Wildman–Crippen LogP) is 0.0812. The van der Waals surface area contributed by atoms with Crippen molar-refractivity contribution in [2.24, 2.45) is 10.2 Å². The van der Waals surface area contributed by atoms with E-state index in [-0.39, 0.29) is 0 Å². The van der Waals surface area contributed by atoms with E-state index in [1.54, 1.807) is 22.4 Å². The first-order valence-corrected chi connectivity index (χ1v) is 3.04. The number of nitrogens with zero attached hydrogens (tertiary/aromatic N) is 4. The quantitative estimate of drug-likeness (QED) is 0.413. The van der Waals surface area contributed by atoms with Crippen molar-refractivity contribution in [3.8, 4) is 0 Å². The van der Waals surface area contributed by atoms with Crippen molar-refractivity contribution >= 4 is 12.4 Å². The van der Waals surface area contributed by atoms with Gasteiger partial charge in [-0.1, -0.05) is 0 Å². The second-order valence-electron chi connectivity index (χ2n) is 2.22. The molecule has 0 aliphatic rings. The van der Waals surface area contributed by atoms with Crippen LogP contribution in [0.2, 0.25) is 0 Å². The Morgan fingerprint density at radius 1 is 0.800 bits per heavy atom. The van der Waals surface area contributed by atoms with Gasteiger partial charge in [0, 0.05) is 28.2 Å². The van der Waals surface area contributed by atoms with Crippen molar-refractivity contribution in [1.82, 2.24) is 10.0 Å². The van der Waals surface area contributed by atoms with E-state index < -0.39 is 0 Å². The monoisotopic (exact) mass is 142 g/mol. The van der Waals surface area contributed by atoms with Gasteiger partial charge in [0.25, 0.3) is 0 Å². The highest BCUT2D eigenvalue weighted by Gasteiger charge is 1.74. The highest BCUT2D eigenvalue weighted by Crippen LogP contribution is 1.72. The minimum absolute atomic E-state index is 1.64. The zero-order valence-corrected chi connectivity index (χ0v) is 6.94. The zero-order valence-electron chi connectivity index (χ0n) is 6.94. The van der Waals surface area contributed by atoms with Gasteiger partial charge in [-0.15, -0.1) is 0 Å². The molecule has 0 aliphatic carbocycles. The van der Waals surface area contributed by atoms with Crippen molar-refractivity contribution in [3.63, 3.8) is 0 Å². The van der Waals surface area contributed by atoms with Crippen molar-refractivity contribution < 1.29 is 0 Å². The Labute approximate surface area is 61.8 Å². The molecule has 0 unspecified atom stereocenters. The van der Waals surface area contributed by atoms with Crippen molar-refractivity contribution in [3.05, 3.63) is 0 Å². The molecule has 0 amide bonds. The first-order chi connectivity index (χ1) is 4.63. The highest BCUT2D eigenvalue weighted by molar-refractivity contribution is 6.15. The maximum Gasteiger partial charge on any atom is 0.0671 e. The second kappa shape index (κ2) is 4.78. The summed E-state index contributed by atoms with van der Waals surface area (Å²) in [5.74, 6) is 0. The van der Waals surface area contributed by atoms with Crippen molar-refractivity contribution in [2.75, 3.05) is 28.2 Å². The molecule has 0 aromatic heterocycles. The molecule has 0 aliphatic heterocycles. The standard InChI is InChI=1S/C6H14N4/c1-9(2)7-5-6-8-10(3)4/h5-6H,1-4H3. The van der Waals surface area contributed by atoms with Gasteiger partial charge in [-0.05, 0) is 0 Å². The lowest BCUT2D eigenvalue weighted by Crippen LogP contribution is -2.04. The van der Waals surface area contributed by atoms with Crippen LogP contribution >= 0.6 is 0 Å². The van der Waals surface area contributed by atoms with Crippen LogP contribution < -0.4 is 0 Å². The molecule has 0 fully saturated rings. The van der Waals surface area contributed by atoms with Crippen molar-refractivity contribution in [2.45, 2.75) is 0 Å². The summed E-state index contributed by atoms with van der Waals surface area (Å²) in [4.78, 5) is 0. The average Bonchev–Trinajstić information content (AvgIpc) is 1.79. The van der Waals surface area contributed by atoms with Crippen LogP contribution in [0.3, 0.4) is 0 Å². The van der Waals surface area contributed by atoms with Crippen LogP contribution in [0.1, 0.15) is 0 Å². The summed E-state index contributed by atoms with van der Waals surface area (Å²) in [6.45, 7) is 0. The second-order valence-corrected chi connectivity index (χ2v) is 2.22. The maximum absolute atomic E-state index is 3.93. The molecule has 4 nitrogen and oxygen atoms in total. The van der Waals surface area contributed by atoms with E-state index in [1.165, 1.54) is 0 Å². The van der Waals surface area contributed by atoms with Gasteiger partial charge in [-0.25, -0.2) is 0 Å². The third-order valence-corrected chi connectivity index (χ3v) is 0.662. The number of rotatable bonds is 3. The number of hydrogen-bond acceptors (Lipinski definition) is 4. The van der Waals surface area contributed by atoms with Crippen LogP contribution in [0.25, 0.3) is 0 Å². The Morgan fingerprint density at radius 3 is 1.30 bits per heavy atom. The van der Waals surface area contributed by atoms with Gasteiger partial charge in [0.05, 0.1) is 12.4 Å². The Balaban J connectivity index is 3.52. The first kappa shape index (κ1) is 8.94. The van der Waals surface area contributed by atoms with Gasteiger partial charge in [-0.2, -0.15) is 10.2 Å². The molecule has 0 N–H and O–H groups in total. The minimum atomic E-state index is 1.64. The Hall–Kier alpha value is -1.06. The van der Waals surface area contributed by atoms with Gasteiger partial charge in [0.15, 0.2) is 0 Å². The van der Waals surface area contributed by atoms with Gasteiger partial charge < -0.3 is 10.0 Å². The van der Waals surface area contributed by atoms with Crippen molar-refractivity contribution in [1.29, 1.82) is 0 Å². The lowest BCUT2D eigenvalue weighted by Gasteiger charge is -2.01. The van der Waals surface area contributed by atoms with Crippen LogP contribution in [-0.2, 0) is 0 Å². The Bertz CT molecular complexity index is 110. The summed E-state index contributed by atoms with van der Waals surface area (Å²) in [6, 6.07) is 0. The number of hydrazone groups is 2. The third-order valence-electron chi connectivity index (χ3n) is 0.662. The average molecular weight is 142 g/mol. The maximum atomic E-state index is 3.93. The lowest BCUT2D eigenvalue weighted by molar-refractivity contribution is 0.437. The molecule has 0 saturated carbocycles. The normalized spacial score (nSPS) is 11.2. The summed E-state index contributed by atoms with van der Waals surface area (Å²) in [5.41, 5.74) is 0. The van der Waals surface area contributed by atoms with E-state index in [0.29, 0.717) is 0 Å². The molecule has 0 atom stereocenters. The molecular formula is C6H14N4. The summed E-state index contributed by atoms with van der Waals surface area (Å²) >= 11 is 0. The molecular weight excluding hydrogens is 128 g/mol. The molecule has 0 bridgehead atoms. The van der Waals surface area contributed by atoms with Crippen LogP contribution in [0.5, 0.6) is 0 Å². The molecule has 0 spiro atoms. The fraction of sp³-hybridized carbons (Fsp3) is 0.667. The Morgan fingerprint density at radius 2 is 1.10 bits per heavy atom. The van der Waals surface area contributed by atoms with Crippen LogP contribution in [0.15, 0.2) is 10.2 Å². The van der Waals surface area contributed by atoms with E-state index in [9.17, 15) is 0 Å². The summed E-state index contributed by atoms with van der Waals surface area (Å²) in [6.07, 6.45) is 3.28. The first-order valence-electron chi connectivity index (χ1n) is 3.04. The molecule has 0 heterocycles. The molecule has 0 radical (unpaired) electrons. The van der Waals surface area contributed by atoms with E-state index >= 15 is 0 Å². The molecule has 0 saturated heterocycles. The van der Waals surface area contributed by atoms with Crippen LogP contribution in [-0.4, -0.2) is 50.6 Å². The van der Waals surface area contributed by atoms with Gasteiger partial charge in [-0.3, -0.25) is 0 Å². The smallest absolute Gasteiger partial charge is 0.0671 e. The summed E-state index contributed by atoms with van der Waals surface area (Å²) in [7, 11) is 7.44. The fourth-order valence-corrected chi connectivity index (χ4v) is 0.326. The molecule has 0 aromatic rings. The van der Waals surface area contributed by atoms with Crippen LogP contribution in [0.4, 0.5) is 0 Å². The van der Waals surface area contributed by atoms with Crippen LogP contribution in [0, 0.1) is 0 Å². The molecule has 4 heteroatoms. The SMILES string of the molecule is CN(C)N=CC=NN(C)C. The fourth-order valence-electron chi connectivity index (χ4n) is 0.326. The number of hydrogen-bond donors (Lipinski definition) is 0. The van der Waals surface area contributed by atoms with E-state index in [1.807, 2.05) is 28.2 Å². The molecule has 58 valence electrons. The van der Waals surface area contributed by atoms with E-state index in [4.69, 9.17) is 0 Å². The Kier molecular flexibility index (Phi) is 4.28. The largest absolute Gasteiger partial charge is 0.303 e. The lowest BCUT2D eigenvalue weighted by atomic mass is 10.8. The predicted molar refractivity (Wildman–Crippen MR) is 44.4 cm³/mol. The topological polar surface area (TPSA) is 31.2 Å². The minimum Gasteiger partial charge on any atom is -0.303 e. The zero-order chi connectivity index (χ0) is 7.98. The van der Waals surface area contributed by atoms with Gasteiger partial charge in [0.1, 0.15) is 0 Å². The molecule has 10 heavy (non-hydrogen) atoms. The third kappa shape index (κ3) is 6.94. The molecule has 0 rings (SSSR count). The van der Waals surface area contributed by atoms with E-state index in [0.717, 1.165) is 0 Å². The highest BCUT2D eigenvalue weighted by atomic mass is 15.4. The van der Waals surface area contributed by atoms with E-state index in [2.05, 4.69) is 10.2 Å². The summed E-state index contributed by atoms with van der Waals surface area (Å²) < 4.78 is 0. The molecule has 0 aromatic carbocycles. The summed E-state index contributed by atoms with van der Waals surface area (Å²) in [5, 5.41) is 11.3.